The summed E-state index contributed by atoms with van der Waals surface area (Å²) in [6, 6.07) is 8.42. The average molecular weight is 314 g/mol. The van der Waals surface area contributed by atoms with E-state index in [1.165, 1.54) is 0 Å². The number of nitrogens with zero attached hydrogens (tertiary/aromatic N) is 1. The van der Waals surface area contributed by atoms with Gasteiger partial charge in [-0.15, -0.1) is 0 Å². The number of carbonyl (C=O) groups excluding carboxylic acids is 1. The second kappa shape index (κ2) is 5.31. The molecule has 0 heterocycles. The number of hydrogen-bond acceptors (Lipinski definition) is 3. The Kier molecular flexibility index (Phi) is 3.46. The van der Waals surface area contributed by atoms with Gasteiger partial charge in [-0.05, 0) is 29.4 Å². The molecule has 6 heteroatoms. The van der Waals surface area contributed by atoms with Crippen LogP contribution in [0.15, 0.2) is 77.4 Å². The second-order valence-corrected chi connectivity index (χ2v) is 6.78. The lowest BCUT2D eigenvalue weighted by atomic mass is 10.1. The van der Waals surface area contributed by atoms with Gasteiger partial charge in [0, 0.05) is 5.57 Å². The number of benzene rings is 1. The van der Waals surface area contributed by atoms with Gasteiger partial charge in [0.05, 0.1) is 11.9 Å². The first kappa shape index (κ1) is 14.3. The van der Waals surface area contributed by atoms with Gasteiger partial charge in [-0.1, -0.05) is 42.5 Å². The lowest BCUT2D eigenvalue weighted by Gasteiger charge is -2.23. The minimum Gasteiger partial charge on any atom is -0.267 e. The summed E-state index contributed by atoms with van der Waals surface area (Å²) in [7, 11) is -3.64. The molecule has 0 bridgehead atoms. The summed E-state index contributed by atoms with van der Waals surface area (Å²) in [6.07, 6.45) is 10.1. The molecule has 0 saturated carbocycles. The number of fused-ring (bicyclic) bond motifs is 1. The molecular formula is C16H14N2O3S. The molecule has 5 nitrogen and oxygen atoms in total. The van der Waals surface area contributed by atoms with E-state index in [2.05, 4.69) is 5.43 Å². The SMILES string of the molecule is CS(=O)(=O)N(NC(=O)C1=C2C=CC=C2C=C1)c1ccccc1. The molecule has 2 aliphatic rings. The van der Waals surface area contributed by atoms with E-state index in [4.69, 9.17) is 0 Å². The second-order valence-electron chi connectivity index (χ2n) is 4.95. The predicted octanol–water partition coefficient (Wildman–Crippen LogP) is 1.85. The lowest BCUT2D eigenvalue weighted by molar-refractivity contribution is -0.117. The monoisotopic (exact) mass is 314 g/mol. The molecule has 0 unspecified atom stereocenters. The highest BCUT2D eigenvalue weighted by Crippen LogP contribution is 2.30. The standard InChI is InChI=1S/C16H14N2O3S/c1-22(20,21)18(13-7-3-2-4-8-13)17-16(19)15-11-10-12-6-5-9-14(12)15/h2-11H,1H3,(H,17,19). The van der Waals surface area contributed by atoms with E-state index in [9.17, 15) is 13.2 Å². The Morgan fingerprint density at radius 2 is 1.82 bits per heavy atom. The van der Waals surface area contributed by atoms with Crippen molar-refractivity contribution in [3.63, 3.8) is 0 Å². The molecule has 0 spiro atoms. The minimum absolute atomic E-state index is 0.378. The highest BCUT2D eigenvalue weighted by molar-refractivity contribution is 7.92. The van der Waals surface area contributed by atoms with Crippen molar-refractivity contribution in [2.75, 3.05) is 10.7 Å². The fraction of sp³-hybridized carbons (Fsp3) is 0.0625. The van der Waals surface area contributed by atoms with Crippen molar-refractivity contribution >= 4 is 21.6 Å². The number of sulfonamides is 1. The third kappa shape index (κ3) is 2.60. The molecule has 112 valence electrons. The number of hydrogen-bond donors (Lipinski definition) is 1. The van der Waals surface area contributed by atoms with E-state index in [1.54, 1.807) is 36.4 Å². The maximum absolute atomic E-state index is 12.4. The number of anilines is 1. The van der Waals surface area contributed by atoms with Crippen molar-refractivity contribution in [3.8, 4) is 0 Å². The van der Waals surface area contributed by atoms with Crippen LogP contribution in [-0.4, -0.2) is 20.6 Å². The van der Waals surface area contributed by atoms with Gasteiger partial charge >= 0.3 is 0 Å². The van der Waals surface area contributed by atoms with Crippen molar-refractivity contribution in [1.82, 2.24) is 5.43 Å². The fourth-order valence-electron chi connectivity index (χ4n) is 2.34. The van der Waals surface area contributed by atoms with E-state index >= 15 is 0 Å². The van der Waals surface area contributed by atoms with E-state index < -0.39 is 15.9 Å². The molecule has 0 saturated heterocycles. The van der Waals surface area contributed by atoms with Crippen LogP contribution >= 0.6 is 0 Å². The smallest absolute Gasteiger partial charge is 0.267 e. The molecule has 1 N–H and O–H groups in total. The van der Waals surface area contributed by atoms with Gasteiger partial charge in [-0.3, -0.25) is 4.79 Å². The number of allylic oxidation sites excluding steroid dienone is 6. The average Bonchev–Trinajstić information content (AvgIpc) is 3.07. The van der Waals surface area contributed by atoms with Crippen LogP contribution in [0.4, 0.5) is 5.69 Å². The van der Waals surface area contributed by atoms with Crippen LogP contribution in [0.2, 0.25) is 0 Å². The quantitative estimate of drug-likeness (QED) is 0.863. The Labute approximate surface area is 129 Å². The number of rotatable bonds is 4. The molecule has 0 radical (unpaired) electrons. The Bertz CT molecular complexity index is 847. The van der Waals surface area contributed by atoms with Crippen LogP contribution in [0.25, 0.3) is 0 Å². The van der Waals surface area contributed by atoms with Gasteiger partial charge < -0.3 is 0 Å². The van der Waals surface area contributed by atoms with Gasteiger partial charge in [0.2, 0.25) is 10.0 Å². The summed E-state index contributed by atoms with van der Waals surface area (Å²) in [5.74, 6) is -0.463. The van der Waals surface area contributed by atoms with Gasteiger partial charge in [-0.25, -0.2) is 13.8 Å². The molecule has 0 atom stereocenters. The number of hydrazine groups is 1. The molecule has 22 heavy (non-hydrogen) atoms. The van der Waals surface area contributed by atoms with Crippen molar-refractivity contribution in [2.45, 2.75) is 0 Å². The largest absolute Gasteiger partial charge is 0.271 e. The zero-order chi connectivity index (χ0) is 15.7. The van der Waals surface area contributed by atoms with Crippen molar-refractivity contribution in [3.05, 3.63) is 77.4 Å². The Morgan fingerprint density at radius 3 is 2.50 bits per heavy atom. The summed E-state index contributed by atoms with van der Waals surface area (Å²) < 4.78 is 24.8. The van der Waals surface area contributed by atoms with Crippen molar-refractivity contribution in [1.29, 1.82) is 0 Å². The third-order valence-electron chi connectivity index (χ3n) is 3.34. The molecule has 1 aromatic rings. The molecule has 0 aromatic heterocycles. The molecule has 1 amide bonds. The fourth-order valence-corrected chi connectivity index (χ4v) is 3.09. The van der Waals surface area contributed by atoms with Gasteiger partial charge in [0.1, 0.15) is 0 Å². The number of carbonyl (C=O) groups is 1. The Hall–Kier alpha value is -2.60. The van der Waals surface area contributed by atoms with Crippen LogP contribution in [0.3, 0.4) is 0 Å². The highest BCUT2D eigenvalue weighted by atomic mass is 32.2. The van der Waals surface area contributed by atoms with Gasteiger partial charge in [0.25, 0.3) is 5.91 Å². The molecular weight excluding hydrogens is 300 g/mol. The topological polar surface area (TPSA) is 66.5 Å². The van der Waals surface area contributed by atoms with Gasteiger partial charge in [0.15, 0.2) is 0 Å². The predicted molar refractivity (Wildman–Crippen MR) is 85.3 cm³/mol. The zero-order valence-electron chi connectivity index (χ0n) is 11.9. The first-order valence-electron chi connectivity index (χ1n) is 6.64. The van der Waals surface area contributed by atoms with Gasteiger partial charge in [-0.2, -0.15) is 4.41 Å². The van der Waals surface area contributed by atoms with Crippen LogP contribution in [0.5, 0.6) is 0 Å². The van der Waals surface area contributed by atoms with E-state index in [1.807, 2.05) is 24.3 Å². The molecule has 3 rings (SSSR count). The summed E-state index contributed by atoms with van der Waals surface area (Å²) in [5.41, 5.74) is 5.05. The number of para-hydroxylation sites is 1. The lowest BCUT2D eigenvalue weighted by Crippen LogP contribution is -2.46. The van der Waals surface area contributed by atoms with Crippen LogP contribution in [0.1, 0.15) is 0 Å². The first-order chi connectivity index (χ1) is 10.5. The normalized spacial score (nSPS) is 15.8. The summed E-state index contributed by atoms with van der Waals surface area (Å²) in [6.45, 7) is 0. The van der Waals surface area contributed by atoms with Crippen LogP contribution in [0, 0.1) is 0 Å². The summed E-state index contributed by atoms with van der Waals surface area (Å²) >= 11 is 0. The first-order valence-corrected chi connectivity index (χ1v) is 8.49. The summed E-state index contributed by atoms with van der Waals surface area (Å²) in [5, 5.41) is 0. The molecule has 1 aromatic carbocycles. The third-order valence-corrected chi connectivity index (χ3v) is 4.30. The maximum Gasteiger partial charge on any atom is 0.271 e. The minimum atomic E-state index is -3.64. The van der Waals surface area contributed by atoms with Crippen LogP contribution < -0.4 is 9.84 Å². The molecule has 0 fully saturated rings. The Balaban J connectivity index is 1.91. The summed E-state index contributed by atoms with van der Waals surface area (Å²) in [4.78, 5) is 12.4. The Morgan fingerprint density at radius 1 is 1.09 bits per heavy atom. The van der Waals surface area contributed by atoms with E-state index in [0.717, 1.165) is 21.8 Å². The van der Waals surface area contributed by atoms with Crippen molar-refractivity contribution < 1.29 is 13.2 Å². The van der Waals surface area contributed by atoms with Crippen molar-refractivity contribution in [2.24, 2.45) is 0 Å². The van der Waals surface area contributed by atoms with E-state index in [-0.39, 0.29) is 0 Å². The maximum atomic E-state index is 12.4. The molecule has 0 aliphatic heterocycles. The van der Waals surface area contributed by atoms with E-state index in [0.29, 0.717) is 11.3 Å². The number of nitrogens with one attached hydrogen (secondary N) is 1. The number of amides is 1. The highest BCUT2D eigenvalue weighted by Gasteiger charge is 2.25. The zero-order valence-corrected chi connectivity index (χ0v) is 12.7. The van der Waals surface area contributed by atoms with Crippen LogP contribution in [-0.2, 0) is 14.8 Å². The molecule has 2 aliphatic carbocycles.